The molecule has 0 aliphatic rings. The van der Waals surface area contributed by atoms with Gasteiger partial charge in [-0.2, -0.15) is 15.5 Å². The van der Waals surface area contributed by atoms with Crippen LogP contribution in [0.4, 0.5) is 17.1 Å². The van der Waals surface area contributed by atoms with Crippen LogP contribution < -0.4 is 10.5 Å². The highest BCUT2D eigenvalue weighted by molar-refractivity contribution is 6.07. The number of nitriles is 1. The summed E-state index contributed by atoms with van der Waals surface area (Å²) in [7, 11) is 0. The molecule has 0 aliphatic heterocycles. The molecule has 0 radical (unpaired) electrons. The van der Waals surface area contributed by atoms with E-state index < -0.39 is 11.6 Å². The van der Waals surface area contributed by atoms with Crippen molar-refractivity contribution in [2.45, 2.75) is 13.0 Å². The van der Waals surface area contributed by atoms with E-state index in [2.05, 4.69) is 16.3 Å². The van der Waals surface area contributed by atoms with E-state index in [1.54, 1.807) is 42.5 Å². The maximum Gasteiger partial charge on any atom is 0.338 e. The zero-order valence-electron chi connectivity index (χ0n) is 22.1. The molecule has 204 valence electrons. The minimum atomic E-state index is -0.533. The SMILES string of the molecule is N#CCCN(CCO)c1ccc(N=Nc2ccc(C(=O)OCc3cc(=O)oc4ccc5ccccc5c34)cc2)cc1. The lowest BCUT2D eigenvalue weighted by Crippen LogP contribution is -2.27. The molecule has 1 N–H and O–H groups in total. The molecule has 0 spiro atoms. The fourth-order valence-corrected chi connectivity index (χ4v) is 4.55. The standard InChI is InChI=1S/C32H26N4O5/c33-16-3-17-36(18-19-37)27-13-11-26(12-14-27)35-34-25-9-6-23(7-10-25)32(39)40-21-24-20-30(38)41-29-15-8-22-4-1-2-5-28(22)31(24)29/h1-2,4-15,20,37H,3,17-19,21H2. The van der Waals surface area contributed by atoms with E-state index in [0.29, 0.717) is 47.6 Å². The quantitative estimate of drug-likeness (QED) is 0.0925. The average Bonchev–Trinajstić information content (AvgIpc) is 3.01. The van der Waals surface area contributed by atoms with Gasteiger partial charge in [-0.1, -0.05) is 30.3 Å². The Kier molecular flexibility index (Phi) is 8.43. The second-order valence-electron chi connectivity index (χ2n) is 9.21. The molecule has 0 aliphatic carbocycles. The van der Waals surface area contributed by atoms with Crippen molar-refractivity contribution in [3.05, 3.63) is 113 Å². The molecule has 5 aromatic rings. The van der Waals surface area contributed by atoms with Crippen LogP contribution in [0.25, 0.3) is 21.7 Å². The largest absolute Gasteiger partial charge is 0.457 e. The zero-order chi connectivity index (χ0) is 28.6. The number of carbonyl (C=O) groups excluding carboxylic acids is 1. The summed E-state index contributed by atoms with van der Waals surface area (Å²) in [4.78, 5) is 26.8. The van der Waals surface area contributed by atoms with E-state index in [1.807, 2.05) is 47.4 Å². The van der Waals surface area contributed by atoms with Gasteiger partial charge in [-0.3, -0.25) is 0 Å². The summed E-state index contributed by atoms with van der Waals surface area (Å²) in [5.41, 5.74) is 2.91. The van der Waals surface area contributed by atoms with Gasteiger partial charge >= 0.3 is 11.6 Å². The molecular formula is C32H26N4O5. The highest BCUT2D eigenvalue weighted by Crippen LogP contribution is 2.28. The number of carbonyl (C=O) groups is 1. The average molecular weight is 547 g/mol. The number of nitrogens with zero attached hydrogens (tertiary/aromatic N) is 4. The van der Waals surface area contributed by atoms with E-state index in [-0.39, 0.29) is 13.2 Å². The Bertz CT molecular complexity index is 1810. The van der Waals surface area contributed by atoms with Crippen LogP contribution in [0, 0.1) is 11.3 Å². The molecule has 0 atom stereocenters. The van der Waals surface area contributed by atoms with E-state index in [1.165, 1.54) is 6.07 Å². The summed E-state index contributed by atoms with van der Waals surface area (Å²) in [5.74, 6) is -0.533. The highest BCUT2D eigenvalue weighted by atomic mass is 16.5. The van der Waals surface area contributed by atoms with Gasteiger partial charge in [0.1, 0.15) is 12.2 Å². The minimum absolute atomic E-state index is 0.00589. The van der Waals surface area contributed by atoms with Crippen LogP contribution in [0.15, 0.2) is 110 Å². The van der Waals surface area contributed by atoms with Gasteiger partial charge in [-0.15, -0.1) is 0 Å². The number of esters is 1. The Labute approximate surface area is 235 Å². The molecule has 9 nitrogen and oxygen atoms in total. The van der Waals surface area contributed by atoms with Crippen LogP contribution >= 0.6 is 0 Å². The third kappa shape index (κ3) is 6.46. The number of anilines is 1. The topological polar surface area (TPSA) is 128 Å². The van der Waals surface area contributed by atoms with E-state index in [9.17, 15) is 14.7 Å². The molecule has 0 saturated carbocycles. The predicted molar refractivity (Wildman–Crippen MR) is 156 cm³/mol. The summed E-state index contributed by atoms with van der Waals surface area (Å²) in [6.45, 7) is 0.874. The Hall–Kier alpha value is -5.33. The monoisotopic (exact) mass is 546 g/mol. The molecule has 0 amide bonds. The fourth-order valence-electron chi connectivity index (χ4n) is 4.55. The fraction of sp³-hybridized carbons (Fsp3) is 0.156. The number of fused-ring (bicyclic) bond motifs is 3. The number of hydrogen-bond acceptors (Lipinski definition) is 9. The summed E-state index contributed by atoms with van der Waals surface area (Å²) in [6.07, 6.45) is 0.364. The molecule has 0 unspecified atom stereocenters. The molecule has 5 rings (SSSR count). The number of aliphatic hydroxyl groups is 1. The van der Waals surface area contributed by atoms with Gasteiger partial charge in [-0.05, 0) is 65.4 Å². The molecule has 1 aromatic heterocycles. The Morgan fingerprint density at radius 1 is 0.927 bits per heavy atom. The van der Waals surface area contributed by atoms with Gasteiger partial charge < -0.3 is 19.2 Å². The van der Waals surface area contributed by atoms with E-state index >= 15 is 0 Å². The van der Waals surface area contributed by atoms with Gasteiger partial charge in [-0.25, -0.2) is 9.59 Å². The van der Waals surface area contributed by atoms with Crippen LogP contribution in [0.5, 0.6) is 0 Å². The number of hydrogen-bond donors (Lipinski definition) is 1. The molecule has 0 bridgehead atoms. The van der Waals surface area contributed by atoms with Gasteiger partial charge in [0.25, 0.3) is 0 Å². The first kappa shape index (κ1) is 27.2. The number of aliphatic hydroxyl groups excluding tert-OH is 1. The van der Waals surface area contributed by atoms with Crippen molar-refractivity contribution in [2.24, 2.45) is 10.2 Å². The normalized spacial score (nSPS) is 11.1. The maximum atomic E-state index is 12.8. The first-order valence-electron chi connectivity index (χ1n) is 13.0. The molecule has 4 aromatic carbocycles. The second kappa shape index (κ2) is 12.7. The van der Waals surface area contributed by atoms with Crippen molar-refractivity contribution >= 4 is 44.8 Å². The van der Waals surface area contributed by atoms with Crippen LogP contribution in [0.2, 0.25) is 0 Å². The van der Waals surface area contributed by atoms with Crippen molar-refractivity contribution in [3.63, 3.8) is 0 Å². The summed E-state index contributed by atoms with van der Waals surface area (Å²) in [5, 5.41) is 29.2. The lowest BCUT2D eigenvalue weighted by molar-refractivity contribution is 0.0474. The molecule has 0 saturated heterocycles. The van der Waals surface area contributed by atoms with Gasteiger partial charge in [0.05, 0.1) is 36.0 Å². The van der Waals surface area contributed by atoms with Crippen molar-refractivity contribution in [2.75, 3.05) is 24.6 Å². The number of benzene rings is 4. The Morgan fingerprint density at radius 2 is 1.63 bits per heavy atom. The first-order valence-corrected chi connectivity index (χ1v) is 13.0. The molecule has 1 heterocycles. The van der Waals surface area contributed by atoms with Crippen LogP contribution in [0.3, 0.4) is 0 Å². The molecule has 0 fully saturated rings. The summed E-state index contributed by atoms with van der Waals surface area (Å²) < 4.78 is 10.9. The second-order valence-corrected chi connectivity index (χ2v) is 9.21. The van der Waals surface area contributed by atoms with E-state index in [0.717, 1.165) is 21.8 Å². The number of rotatable bonds is 10. The van der Waals surface area contributed by atoms with Gasteiger partial charge in [0.15, 0.2) is 0 Å². The number of ether oxygens (including phenoxy) is 1. The van der Waals surface area contributed by atoms with Crippen molar-refractivity contribution in [1.82, 2.24) is 0 Å². The van der Waals surface area contributed by atoms with Crippen molar-refractivity contribution in [3.8, 4) is 6.07 Å². The van der Waals surface area contributed by atoms with Gasteiger partial charge in [0, 0.05) is 35.8 Å². The Morgan fingerprint density at radius 3 is 2.34 bits per heavy atom. The van der Waals surface area contributed by atoms with Crippen molar-refractivity contribution in [1.29, 1.82) is 5.26 Å². The van der Waals surface area contributed by atoms with Crippen molar-refractivity contribution < 1.29 is 19.1 Å². The van der Waals surface area contributed by atoms with Crippen LogP contribution in [-0.4, -0.2) is 30.8 Å². The van der Waals surface area contributed by atoms with Crippen LogP contribution in [-0.2, 0) is 11.3 Å². The van der Waals surface area contributed by atoms with Gasteiger partial charge in [0.2, 0.25) is 0 Å². The summed E-state index contributed by atoms with van der Waals surface area (Å²) >= 11 is 0. The third-order valence-corrected chi connectivity index (χ3v) is 6.54. The van der Waals surface area contributed by atoms with Crippen LogP contribution in [0.1, 0.15) is 22.3 Å². The first-order chi connectivity index (χ1) is 20.1. The predicted octanol–water partition coefficient (Wildman–Crippen LogP) is 6.43. The zero-order valence-corrected chi connectivity index (χ0v) is 22.1. The highest BCUT2D eigenvalue weighted by Gasteiger charge is 2.13. The Balaban J connectivity index is 1.25. The lowest BCUT2D eigenvalue weighted by atomic mass is 10.0. The van der Waals surface area contributed by atoms with E-state index in [4.69, 9.17) is 14.4 Å². The third-order valence-electron chi connectivity index (χ3n) is 6.54. The molecule has 41 heavy (non-hydrogen) atoms. The number of azo groups is 1. The smallest absolute Gasteiger partial charge is 0.338 e. The lowest BCUT2D eigenvalue weighted by Gasteiger charge is -2.22. The minimum Gasteiger partial charge on any atom is -0.457 e. The molecule has 9 heteroatoms. The maximum absolute atomic E-state index is 12.8. The molecular weight excluding hydrogens is 520 g/mol. The summed E-state index contributed by atoms with van der Waals surface area (Å²) in [6, 6.07) is 28.7.